The lowest BCUT2D eigenvalue weighted by molar-refractivity contribution is -0.242. The van der Waals surface area contributed by atoms with Crippen molar-refractivity contribution >= 4 is 50.7 Å². The van der Waals surface area contributed by atoms with Crippen LogP contribution in [0.3, 0.4) is 0 Å². The van der Waals surface area contributed by atoms with Gasteiger partial charge in [-0.1, -0.05) is 11.6 Å². The Hall–Kier alpha value is -2.28. The lowest BCUT2D eigenvalue weighted by Gasteiger charge is -2.25. The molecule has 0 aliphatic rings. The number of benzene rings is 2. The highest BCUT2D eigenvalue weighted by Crippen LogP contribution is 2.40. The van der Waals surface area contributed by atoms with Gasteiger partial charge >= 0.3 is 6.18 Å². The molecule has 2 aromatic carbocycles. The SMILES string of the molecule is CCN(C)C(=O)c1ccc(S(=O)(=O)c2ccc(NC(=O)[C@@](C)(O)C(F)(F)F)c(Cl)c2SC)cc1. The number of anilines is 1. The number of rotatable bonds is 7. The number of sulfone groups is 1. The van der Waals surface area contributed by atoms with Gasteiger partial charge in [-0.3, -0.25) is 9.59 Å². The van der Waals surface area contributed by atoms with E-state index in [1.54, 1.807) is 14.0 Å². The minimum atomic E-state index is -5.24. The number of nitrogens with one attached hydrogen (secondary N) is 1. The Morgan fingerprint density at radius 1 is 1.15 bits per heavy atom. The molecule has 0 spiro atoms. The number of halogens is 4. The normalized spacial score (nSPS) is 13.8. The molecule has 0 heterocycles. The molecule has 0 saturated heterocycles. The molecule has 2 amide bonds. The molecule has 7 nitrogen and oxygen atoms in total. The van der Waals surface area contributed by atoms with E-state index in [4.69, 9.17) is 11.6 Å². The molecule has 0 unspecified atom stereocenters. The van der Waals surface area contributed by atoms with Gasteiger partial charge in [-0.15, -0.1) is 11.8 Å². The molecule has 2 rings (SSSR count). The summed E-state index contributed by atoms with van der Waals surface area (Å²) in [5, 5.41) is 11.1. The predicted molar refractivity (Wildman–Crippen MR) is 123 cm³/mol. The molecular formula is C21H22ClF3N2O5S2. The summed E-state index contributed by atoms with van der Waals surface area (Å²) in [5.41, 5.74) is -3.70. The Bertz CT molecular complexity index is 1200. The number of aliphatic hydroxyl groups is 1. The first-order valence-corrected chi connectivity index (χ1v) is 12.8. The van der Waals surface area contributed by atoms with Crippen LogP contribution >= 0.6 is 23.4 Å². The highest BCUT2D eigenvalue weighted by molar-refractivity contribution is 7.99. The number of thioether (sulfide) groups is 1. The van der Waals surface area contributed by atoms with Gasteiger partial charge in [-0.25, -0.2) is 8.42 Å². The Labute approximate surface area is 204 Å². The third-order valence-electron chi connectivity index (χ3n) is 5.03. The quantitative estimate of drug-likeness (QED) is 0.511. The number of hydrogen-bond acceptors (Lipinski definition) is 6. The Kier molecular flexibility index (Phi) is 8.34. The van der Waals surface area contributed by atoms with Crippen LogP contribution in [0.15, 0.2) is 51.1 Å². The zero-order chi connectivity index (χ0) is 26.1. The van der Waals surface area contributed by atoms with Crippen molar-refractivity contribution in [3.63, 3.8) is 0 Å². The Morgan fingerprint density at radius 3 is 2.18 bits per heavy atom. The minimum absolute atomic E-state index is 0.0167. The van der Waals surface area contributed by atoms with Crippen LogP contribution in [0.25, 0.3) is 0 Å². The zero-order valence-corrected chi connectivity index (χ0v) is 20.9. The first-order chi connectivity index (χ1) is 15.6. The molecule has 0 aromatic heterocycles. The summed E-state index contributed by atoms with van der Waals surface area (Å²) in [6.07, 6.45) is -3.74. The number of hydrogen-bond donors (Lipinski definition) is 2. The van der Waals surface area contributed by atoms with Crippen molar-refractivity contribution in [2.75, 3.05) is 25.2 Å². The fraction of sp³-hybridized carbons (Fsp3) is 0.333. The van der Waals surface area contributed by atoms with E-state index in [2.05, 4.69) is 0 Å². The van der Waals surface area contributed by atoms with Crippen LogP contribution < -0.4 is 5.32 Å². The van der Waals surface area contributed by atoms with Gasteiger partial charge in [-0.2, -0.15) is 13.2 Å². The van der Waals surface area contributed by atoms with E-state index in [0.717, 1.165) is 23.9 Å². The summed E-state index contributed by atoms with van der Waals surface area (Å²) in [6.45, 7) is 2.55. The second kappa shape index (κ2) is 10.1. The van der Waals surface area contributed by atoms with Gasteiger partial charge < -0.3 is 15.3 Å². The number of alkyl halides is 3. The van der Waals surface area contributed by atoms with E-state index in [1.807, 2.05) is 5.32 Å². The lowest BCUT2D eigenvalue weighted by atomic mass is 10.1. The second-order valence-electron chi connectivity index (χ2n) is 7.33. The van der Waals surface area contributed by atoms with Crippen LogP contribution in [0.2, 0.25) is 5.02 Å². The van der Waals surface area contributed by atoms with Crippen molar-refractivity contribution in [3.8, 4) is 0 Å². The molecule has 2 N–H and O–H groups in total. The Morgan fingerprint density at radius 2 is 1.71 bits per heavy atom. The van der Waals surface area contributed by atoms with Crippen LogP contribution in [-0.2, 0) is 14.6 Å². The first kappa shape index (κ1) is 28.0. The summed E-state index contributed by atoms with van der Waals surface area (Å²) in [5.74, 6) is -2.06. The van der Waals surface area contributed by atoms with Gasteiger partial charge in [0, 0.05) is 24.1 Å². The van der Waals surface area contributed by atoms with Crippen molar-refractivity contribution in [3.05, 3.63) is 47.0 Å². The predicted octanol–water partition coefficient (Wildman–Crippen LogP) is 4.24. The molecule has 0 aliphatic carbocycles. The molecule has 186 valence electrons. The molecule has 1 atom stereocenters. The van der Waals surface area contributed by atoms with Crippen LogP contribution in [-0.4, -0.2) is 61.9 Å². The van der Waals surface area contributed by atoms with E-state index in [1.165, 1.54) is 35.4 Å². The highest BCUT2D eigenvalue weighted by Gasteiger charge is 2.55. The average Bonchev–Trinajstić information content (AvgIpc) is 2.78. The standard InChI is InChI=1S/C21H22ClF3N2O5S2/c1-5-27(3)18(28)12-6-8-13(9-7-12)34(31,32)15-11-10-14(16(22)17(15)33-4)26-19(29)20(2,30)21(23,24)25/h6-11,30H,5H2,1-4H3,(H,26,29)/t20-/m1/s1. The lowest BCUT2D eigenvalue weighted by Crippen LogP contribution is -2.52. The minimum Gasteiger partial charge on any atom is -0.373 e. The fourth-order valence-corrected chi connectivity index (χ4v) is 5.66. The van der Waals surface area contributed by atoms with Gasteiger partial charge in [-0.05, 0) is 56.5 Å². The zero-order valence-electron chi connectivity index (χ0n) is 18.5. The van der Waals surface area contributed by atoms with E-state index in [0.29, 0.717) is 12.1 Å². The molecule has 0 radical (unpaired) electrons. The third kappa shape index (κ3) is 5.35. The Balaban J connectivity index is 2.46. The maximum absolute atomic E-state index is 13.2. The van der Waals surface area contributed by atoms with Crippen LogP contribution in [0.5, 0.6) is 0 Å². The van der Waals surface area contributed by atoms with Gasteiger partial charge in [0.25, 0.3) is 11.8 Å². The fourth-order valence-electron chi connectivity index (χ4n) is 2.68. The van der Waals surface area contributed by atoms with Gasteiger partial charge in [0.1, 0.15) is 0 Å². The summed E-state index contributed by atoms with van der Waals surface area (Å²) in [4.78, 5) is 25.3. The number of carbonyl (C=O) groups is 2. The smallest absolute Gasteiger partial charge is 0.373 e. The first-order valence-electron chi connectivity index (χ1n) is 9.67. The number of amides is 2. The maximum atomic E-state index is 13.2. The van der Waals surface area contributed by atoms with Crippen molar-refractivity contribution in [2.45, 2.75) is 40.3 Å². The molecule has 13 heteroatoms. The van der Waals surface area contributed by atoms with Gasteiger partial charge in [0.05, 0.1) is 20.5 Å². The van der Waals surface area contributed by atoms with Crippen LogP contribution in [0, 0.1) is 0 Å². The molecule has 2 aromatic rings. The molecule has 0 saturated carbocycles. The summed E-state index contributed by atoms with van der Waals surface area (Å²) < 4.78 is 65.2. The largest absolute Gasteiger partial charge is 0.426 e. The molecule has 0 bridgehead atoms. The van der Waals surface area contributed by atoms with Gasteiger partial charge in [0.2, 0.25) is 15.4 Å². The van der Waals surface area contributed by atoms with Crippen molar-refractivity contribution in [1.82, 2.24) is 4.90 Å². The van der Waals surface area contributed by atoms with E-state index >= 15 is 0 Å². The summed E-state index contributed by atoms with van der Waals surface area (Å²) >= 11 is 7.13. The second-order valence-corrected chi connectivity index (χ2v) is 10.4. The van der Waals surface area contributed by atoms with Gasteiger partial charge in [0.15, 0.2) is 0 Å². The maximum Gasteiger partial charge on any atom is 0.426 e. The highest BCUT2D eigenvalue weighted by atomic mass is 35.5. The van der Waals surface area contributed by atoms with Crippen molar-refractivity contribution < 1.29 is 36.3 Å². The van der Waals surface area contributed by atoms with Crippen LogP contribution in [0.4, 0.5) is 18.9 Å². The average molecular weight is 539 g/mol. The molecule has 0 aliphatic heterocycles. The monoisotopic (exact) mass is 538 g/mol. The van der Waals surface area contributed by atoms with E-state index < -0.39 is 27.5 Å². The number of carbonyl (C=O) groups excluding carboxylic acids is 2. The summed E-state index contributed by atoms with van der Waals surface area (Å²) in [6, 6.07) is 7.40. The van der Waals surface area contributed by atoms with Crippen molar-refractivity contribution in [1.29, 1.82) is 0 Å². The van der Waals surface area contributed by atoms with E-state index in [9.17, 15) is 36.3 Å². The topological polar surface area (TPSA) is 104 Å². The molecular weight excluding hydrogens is 517 g/mol. The third-order valence-corrected chi connectivity index (χ3v) is 8.31. The number of nitrogens with zero attached hydrogens (tertiary/aromatic N) is 1. The molecule has 0 fully saturated rings. The van der Waals surface area contributed by atoms with Crippen molar-refractivity contribution in [2.24, 2.45) is 0 Å². The van der Waals surface area contributed by atoms with Crippen LogP contribution in [0.1, 0.15) is 24.2 Å². The molecule has 34 heavy (non-hydrogen) atoms. The van der Waals surface area contributed by atoms with E-state index in [-0.39, 0.29) is 38.2 Å². The summed E-state index contributed by atoms with van der Waals surface area (Å²) in [7, 11) is -2.54.